The summed E-state index contributed by atoms with van der Waals surface area (Å²) in [6.45, 7) is 0. The minimum Gasteiger partial charge on any atom is -0.265 e. The molecular weight excluding hydrogens is 220 g/mol. The van der Waals surface area contributed by atoms with Gasteiger partial charge in [-0.25, -0.2) is 0 Å². The van der Waals surface area contributed by atoms with Crippen LogP contribution in [0.3, 0.4) is 0 Å². The highest BCUT2D eigenvalue weighted by Gasteiger charge is 2.05. The third-order valence-corrected chi connectivity index (χ3v) is 2.89. The molecule has 0 spiro atoms. The van der Waals surface area contributed by atoms with E-state index in [2.05, 4.69) is 34.2 Å². The van der Waals surface area contributed by atoms with E-state index in [0.717, 1.165) is 5.56 Å². The Morgan fingerprint density at radius 2 is 1.28 bits per heavy atom. The van der Waals surface area contributed by atoms with Gasteiger partial charge in [0.15, 0.2) is 0 Å². The summed E-state index contributed by atoms with van der Waals surface area (Å²) in [6.07, 6.45) is 7.31. The van der Waals surface area contributed by atoms with E-state index in [0.29, 0.717) is 0 Å². The molecule has 0 aliphatic carbocycles. The Labute approximate surface area is 106 Å². The Kier molecular flexibility index (Phi) is 2.84. The topological polar surface area (TPSA) is 25.8 Å². The zero-order chi connectivity index (χ0) is 12.2. The van der Waals surface area contributed by atoms with Crippen molar-refractivity contribution >= 4 is 0 Å². The van der Waals surface area contributed by atoms with Gasteiger partial charge in [0.05, 0.1) is 0 Å². The molecule has 0 fully saturated rings. The van der Waals surface area contributed by atoms with Crippen molar-refractivity contribution in [3.8, 4) is 22.3 Å². The summed E-state index contributed by atoms with van der Waals surface area (Å²) >= 11 is 0. The molecule has 1 aromatic carbocycles. The van der Waals surface area contributed by atoms with Gasteiger partial charge in [0.25, 0.3) is 0 Å². The van der Waals surface area contributed by atoms with Crippen LogP contribution in [-0.4, -0.2) is 9.97 Å². The van der Waals surface area contributed by atoms with Gasteiger partial charge in [0.2, 0.25) is 0 Å². The van der Waals surface area contributed by atoms with Gasteiger partial charge < -0.3 is 0 Å². The van der Waals surface area contributed by atoms with Gasteiger partial charge in [-0.05, 0) is 34.9 Å². The van der Waals surface area contributed by atoms with E-state index in [-0.39, 0.29) is 0 Å². The quantitative estimate of drug-likeness (QED) is 0.671. The largest absolute Gasteiger partial charge is 0.265 e. The zero-order valence-electron chi connectivity index (χ0n) is 9.82. The van der Waals surface area contributed by atoms with Crippen LogP contribution < -0.4 is 0 Å². The highest BCUT2D eigenvalue weighted by molar-refractivity contribution is 5.82. The lowest BCUT2D eigenvalue weighted by Crippen LogP contribution is -1.85. The first kappa shape index (κ1) is 10.7. The van der Waals surface area contributed by atoms with Gasteiger partial charge in [-0.15, -0.1) is 0 Å². The van der Waals surface area contributed by atoms with Crippen LogP contribution >= 0.6 is 0 Å². The molecule has 3 rings (SSSR count). The number of hydrogen-bond acceptors (Lipinski definition) is 2. The van der Waals surface area contributed by atoms with Crippen molar-refractivity contribution in [3.05, 3.63) is 73.3 Å². The molecule has 0 N–H and O–H groups in total. The molecule has 2 heterocycles. The van der Waals surface area contributed by atoms with Crippen LogP contribution in [0.15, 0.2) is 73.3 Å². The van der Waals surface area contributed by atoms with E-state index >= 15 is 0 Å². The smallest absolute Gasteiger partial charge is 0.0346 e. The fourth-order valence-electron chi connectivity index (χ4n) is 2.04. The van der Waals surface area contributed by atoms with E-state index in [4.69, 9.17) is 0 Å². The number of hydrogen-bond donors (Lipinski definition) is 0. The van der Waals surface area contributed by atoms with Crippen molar-refractivity contribution in [1.82, 2.24) is 9.97 Å². The molecule has 2 nitrogen and oxygen atoms in total. The van der Waals surface area contributed by atoms with Gasteiger partial charge >= 0.3 is 0 Å². The lowest BCUT2D eigenvalue weighted by molar-refractivity contribution is 1.32. The lowest BCUT2D eigenvalue weighted by atomic mass is 9.96. The van der Waals surface area contributed by atoms with E-state index in [1.807, 2.05) is 42.9 Å². The highest BCUT2D eigenvalue weighted by Crippen LogP contribution is 2.30. The first-order valence-electron chi connectivity index (χ1n) is 5.85. The summed E-state index contributed by atoms with van der Waals surface area (Å²) in [5.41, 5.74) is 4.69. The molecular formula is C16H12N2. The molecule has 2 aromatic heterocycles. The Hall–Kier alpha value is -2.48. The van der Waals surface area contributed by atoms with Crippen LogP contribution in [0.2, 0.25) is 0 Å². The second kappa shape index (κ2) is 4.80. The molecule has 0 amide bonds. The summed E-state index contributed by atoms with van der Waals surface area (Å²) in [5, 5.41) is 0. The van der Waals surface area contributed by atoms with Crippen molar-refractivity contribution in [1.29, 1.82) is 0 Å². The van der Waals surface area contributed by atoms with Gasteiger partial charge in [0.1, 0.15) is 0 Å². The number of aromatic nitrogens is 2. The standard InChI is InChI=1S/C16H12N2/c1-2-6-16(14-4-3-9-18-12-14)15(5-1)13-7-10-17-11-8-13/h1-12H. The Bertz CT molecular complexity index is 575. The first-order valence-corrected chi connectivity index (χ1v) is 5.85. The van der Waals surface area contributed by atoms with E-state index in [1.165, 1.54) is 16.7 Å². The van der Waals surface area contributed by atoms with E-state index < -0.39 is 0 Å². The Morgan fingerprint density at radius 1 is 0.556 bits per heavy atom. The Balaban J connectivity index is 2.18. The summed E-state index contributed by atoms with van der Waals surface area (Å²) < 4.78 is 0. The molecule has 3 aromatic rings. The number of pyridine rings is 2. The summed E-state index contributed by atoms with van der Waals surface area (Å²) in [6, 6.07) is 16.4. The molecule has 0 unspecified atom stereocenters. The number of benzene rings is 1. The fraction of sp³-hybridized carbons (Fsp3) is 0. The lowest BCUT2D eigenvalue weighted by Gasteiger charge is -2.09. The highest BCUT2D eigenvalue weighted by atomic mass is 14.6. The van der Waals surface area contributed by atoms with Crippen LogP contribution in [0.1, 0.15) is 0 Å². The minimum absolute atomic E-state index is 1.13. The van der Waals surface area contributed by atoms with Gasteiger partial charge in [0, 0.05) is 30.4 Å². The molecule has 0 atom stereocenters. The monoisotopic (exact) mass is 232 g/mol. The molecule has 86 valence electrons. The molecule has 0 aliphatic heterocycles. The van der Waals surface area contributed by atoms with Crippen LogP contribution in [-0.2, 0) is 0 Å². The van der Waals surface area contributed by atoms with E-state index in [1.54, 1.807) is 6.20 Å². The van der Waals surface area contributed by atoms with E-state index in [9.17, 15) is 0 Å². The maximum absolute atomic E-state index is 4.18. The zero-order valence-corrected chi connectivity index (χ0v) is 9.82. The maximum Gasteiger partial charge on any atom is 0.0346 e. The van der Waals surface area contributed by atoms with Crippen LogP contribution in [0.5, 0.6) is 0 Å². The van der Waals surface area contributed by atoms with Crippen LogP contribution in [0, 0.1) is 0 Å². The molecule has 0 radical (unpaired) electrons. The fourth-order valence-corrected chi connectivity index (χ4v) is 2.04. The normalized spacial score (nSPS) is 10.2. The predicted octanol–water partition coefficient (Wildman–Crippen LogP) is 3.81. The van der Waals surface area contributed by atoms with Crippen LogP contribution in [0.25, 0.3) is 22.3 Å². The average molecular weight is 232 g/mol. The number of rotatable bonds is 2. The first-order chi connectivity index (χ1) is 8.95. The third-order valence-electron chi connectivity index (χ3n) is 2.89. The molecule has 2 heteroatoms. The van der Waals surface area contributed by atoms with Crippen molar-refractivity contribution in [2.45, 2.75) is 0 Å². The van der Waals surface area contributed by atoms with Gasteiger partial charge in [-0.3, -0.25) is 9.97 Å². The summed E-state index contributed by atoms with van der Waals surface area (Å²) in [5.74, 6) is 0. The molecule has 18 heavy (non-hydrogen) atoms. The van der Waals surface area contributed by atoms with Crippen molar-refractivity contribution in [3.63, 3.8) is 0 Å². The molecule has 0 saturated heterocycles. The SMILES string of the molecule is c1cncc(-c2ccccc2-c2ccncc2)c1. The predicted molar refractivity (Wildman–Crippen MR) is 72.9 cm³/mol. The summed E-state index contributed by atoms with van der Waals surface area (Å²) in [7, 11) is 0. The molecule has 0 bridgehead atoms. The second-order valence-electron chi connectivity index (χ2n) is 4.02. The van der Waals surface area contributed by atoms with Crippen molar-refractivity contribution in [2.75, 3.05) is 0 Å². The minimum atomic E-state index is 1.13. The molecule has 0 saturated carbocycles. The van der Waals surface area contributed by atoms with Crippen LogP contribution in [0.4, 0.5) is 0 Å². The van der Waals surface area contributed by atoms with Gasteiger partial charge in [-0.1, -0.05) is 30.3 Å². The molecule has 0 aliphatic rings. The number of nitrogens with zero attached hydrogens (tertiary/aromatic N) is 2. The summed E-state index contributed by atoms with van der Waals surface area (Å²) in [4.78, 5) is 8.24. The van der Waals surface area contributed by atoms with Crippen molar-refractivity contribution < 1.29 is 0 Å². The average Bonchev–Trinajstić information content (AvgIpc) is 2.49. The Morgan fingerprint density at radius 3 is 1.94 bits per heavy atom. The second-order valence-corrected chi connectivity index (χ2v) is 4.02. The maximum atomic E-state index is 4.18. The van der Waals surface area contributed by atoms with Gasteiger partial charge in [-0.2, -0.15) is 0 Å². The van der Waals surface area contributed by atoms with Crippen molar-refractivity contribution in [2.24, 2.45) is 0 Å². The third kappa shape index (κ3) is 2.00.